The number of nitrogens with one attached hydrogen (secondary N) is 1. The van der Waals surface area contributed by atoms with E-state index in [-0.39, 0.29) is 22.4 Å². The number of aliphatic imine (C=N–C) groups is 1. The minimum atomic E-state index is -0.921. The molecule has 7 nitrogen and oxygen atoms in total. The molecule has 2 N–H and O–H groups in total. The molecule has 43 heavy (non-hydrogen) atoms. The molecule has 1 saturated carbocycles. The monoisotopic (exact) mass is 588 g/mol. The molecule has 0 radical (unpaired) electrons. The lowest BCUT2D eigenvalue weighted by Crippen LogP contribution is -2.53. The Kier molecular flexibility index (Phi) is 10.4. The molecule has 2 aromatic rings. The van der Waals surface area contributed by atoms with Gasteiger partial charge in [-0.3, -0.25) is 10.1 Å². The molecule has 2 fully saturated rings. The van der Waals surface area contributed by atoms with E-state index < -0.39 is 11.6 Å². The Morgan fingerprint density at radius 1 is 0.977 bits per heavy atom. The number of carboxylic acids is 1. The number of carbonyl (C=O) groups excluding carboxylic acids is 1. The highest BCUT2D eigenvalue weighted by atomic mass is 16.4. The van der Waals surface area contributed by atoms with Gasteiger partial charge in [0.25, 0.3) is 0 Å². The molecule has 1 aliphatic heterocycles. The van der Waals surface area contributed by atoms with Crippen molar-refractivity contribution in [2.45, 2.75) is 91.8 Å². The maximum Gasteiger partial charge on any atom is 0.335 e. The van der Waals surface area contributed by atoms with Gasteiger partial charge in [0.15, 0.2) is 12.1 Å². The Balaban J connectivity index is 1.62. The van der Waals surface area contributed by atoms with E-state index in [4.69, 9.17) is 4.99 Å². The van der Waals surface area contributed by atoms with Crippen LogP contribution in [0.3, 0.4) is 0 Å². The van der Waals surface area contributed by atoms with Gasteiger partial charge in [0.1, 0.15) is 5.66 Å². The van der Waals surface area contributed by atoms with Crippen molar-refractivity contribution in [3.8, 4) is 0 Å². The first kappa shape index (κ1) is 32.7. The van der Waals surface area contributed by atoms with E-state index in [2.05, 4.69) is 80.9 Å². The Morgan fingerprint density at radius 2 is 1.58 bits per heavy atom. The zero-order chi connectivity index (χ0) is 31.3. The van der Waals surface area contributed by atoms with Crippen molar-refractivity contribution in [3.05, 3.63) is 65.7 Å². The minimum Gasteiger partial charge on any atom is -0.478 e. The number of hydrogen-bond donors (Lipinski definition) is 2. The lowest BCUT2D eigenvalue weighted by molar-refractivity contribution is -0.103. The average molecular weight is 589 g/mol. The van der Waals surface area contributed by atoms with Gasteiger partial charge in [-0.15, -0.1) is 0 Å². The van der Waals surface area contributed by atoms with E-state index in [0.717, 1.165) is 76.6 Å². The number of piperazine rings is 1. The number of para-hydroxylation sites is 1. The van der Waals surface area contributed by atoms with Crippen molar-refractivity contribution < 1.29 is 14.7 Å². The normalized spacial score (nSPS) is 22.7. The first-order chi connectivity index (χ1) is 20.3. The Bertz CT molecular complexity index is 1230. The summed E-state index contributed by atoms with van der Waals surface area (Å²) in [7, 11) is 0. The van der Waals surface area contributed by atoms with Gasteiger partial charge < -0.3 is 14.9 Å². The summed E-state index contributed by atoms with van der Waals surface area (Å²) < 4.78 is 0. The molecule has 2 aromatic carbocycles. The molecule has 0 amide bonds. The summed E-state index contributed by atoms with van der Waals surface area (Å²) in [4.78, 5) is 34.0. The van der Waals surface area contributed by atoms with Crippen molar-refractivity contribution in [3.63, 3.8) is 0 Å². The molecule has 0 unspecified atom stereocenters. The average Bonchev–Trinajstić information content (AvgIpc) is 2.98. The van der Waals surface area contributed by atoms with Gasteiger partial charge >= 0.3 is 5.97 Å². The molecule has 2 aliphatic rings. The Morgan fingerprint density at radius 3 is 2.09 bits per heavy atom. The number of aromatic carboxylic acids is 1. The molecule has 4 rings (SSSR count). The van der Waals surface area contributed by atoms with E-state index in [9.17, 15) is 14.7 Å². The van der Waals surface area contributed by atoms with Crippen molar-refractivity contribution >= 4 is 23.8 Å². The van der Waals surface area contributed by atoms with Crippen molar-refractivity contribution in [1.29, 1.82) is 0 Å². The van der Waals surface area contributed by atoms with Crippen LogP contribution in [0.5, 0.6) is 0 Å². The smallest absolute Gasteiger partial charge is 0.335 e. The topological polar surface area (TPSA) is 85.2 Å². The summed E-state index contributed by atoms with van der Waals surface area (Å²) in [6.07, 6.45) is 6.63. The van der Waals surface area contributed by atoms with Crippen LogP contribution in [0.15, 0.2) is 59.6 Å². The summed E-state index contributed by atoms with van der Waals surface area (Å²) >= 11 is 0. The van der Waals surface area contributed by atoms with Crippen LogP contribution >= 0.6 is 0 Å². The summed E-state index contributed by atoms with van der Waals surface area (Å²) in [5.41, 5.74) is 2.35. The summed E-state index contributed by atoms with van der Waals surface area (Å²) in [5, 5.41) is 13.5. The molecule has 1 atom stereocenters. The van der Waals surface area contributed by atoms with Crippen LogP contribution in [-0.2, 0) is 4.79 Å². The van der Waals surface area contributed by atoms with E-state index in [1.807, 2.05) is 18.2 Å². The number of benzene rings is 2. The number of anilines is 1. The van der Waals surface area contributed by atoms with Crippen LogP contribution in [0, 0.1) is 16.7 Å². The zero-order valence-corrected chi connectivity index (χ0v) is 27.1. The lowest BCUT2D eigenvalue weighted by atomic mass is 9.69. The first-order valence-electron chi connectivity index (χ1n) is 16.0. The SMILES string of the molecule is CC(C)(C)CC[C@@H](NC1(N=C(C=O)N2CCN(c3ccccc3)CC2)CCC(C(C)(C)C)CC1)c1ccc(C(=O)O)cc1. The third-order valence-corrected chi connectivity index (χ3v) is 9.38. The summed E-state index contributed by atoms with van der Waals surface area (Å²) in [5.74, 6) is 0.204. The third-order valence-electron chi connectivity index (χ3n) is 9.38. The molecular formula is C36H52N4O3. The van der Waals surface area contributed by atoms with Crippen LogP contribution < -0.4 is 10.2 Å². The molecule has 234 valence electrons. The molecule has 0 spiro atoms. The predicted molar refractivity (Wildman–Crippen MR) is 176 cm³/mol. The van der Waals surface area contributed by atoms with Crippen LogP contribution in [0.25, 0.3) is 0 Å². The fourth-order valence-electron chi connectivity index (χ4n) is 6.56. The second-order valence-corrected chi connectivity index (χ2v) is 14.8. The van der Waals surface area contributed by atoms with Gasteiger partial charge in [0, 0.05) is 37.9 Å². The number of carboxylic acid groups (broad SMARTS) is 1. The van der Waals surface area contributed by atoms with E-state index in [0.29, 0.717) is 11.8 Å². The molecular weight excluding hydrogens is 536 g/mol. The van der Waals surface area contributed by atoms with Gasteiger partial charge in [-0.05, 0) is 85.1 Å². The maximum absolute atomic E-state index is 12.6. The minimum absolute atomic E-state index is 0.0140. The van der Waals surface area contributed by atoms with Gasteiger partial charge in [-0.2, -0.15) is 0 Å². The molecule has 1 aliphatic carbocycles. The number of carbonyl (C=O) groups is 2. The van der Waals surface area contributed by atoms with Gasteiger partial charge in [0.05, 0.1) is 5.56 Å². The first-order valence-corrected chi connectivity index (χ1v) is 16.0. The highest BCUT2D eigenvalue weighted by molar-refractivity contribution is 6.27. The number of amidine groups is 1. The van der Waals surface area contributed by atoms with Crippen molar-refractivity contribution in [2.24, 2.45) is 21.7 Å². The zero-order valence-electron chi connectivity index (χ0n) is 27.1. The fraction of sp³-hybridized carbons (Fsp3) is 0.583. The quantitative estimate of drug-likeness (QED) is 0.183. The number of nitrogens with zero attached hydrogens (tertiary/aromatic N) is 3. The molecule has 0 aromatic heterocycles. The van der Waals surface area contributed by atoms with Gasteiger partial charge in [-0.1, -0.05) is 71.9 Å². The second kappa shape index (κ2) is 13.6. The number of hydrogen-bond acceptors (Lipinski definition) is 5. The van der Waals surface area contributed by atoms with Gasteiger partial charge in [0.2, 0.25) is 0 Å². The van der Waals surface area contributed by atoms with Crippen LogP contribution in [0.2, 0.25) is 0 Å². The van der Waals surface area contributed by atoms with Crippen LogP contribution in [0.4, 0.5) is 5.69 Å². The highest BCUT2D eigenvalue weighted by Gasteiger charge is 2.41. The molecule has 1 saturated heterocycles. The van der Waals surface area contributed by atoms with Crippen molar-refractivity contribution in [2.75, 3.05) is 31.1 Å². The van der Waals surface area contributed by atoms with Crippen LogP contribution in [0.1, 0.15) is 102 Å². The largest absolute Gasteiger partial charge is 0.478 e. The van der Waals surface area contributed by atoms with Crippen LogP contribution in [-0.4, -0.2) is 59.9 Å². The lowest BCUT2D eigenvalue weighted by Gasteiger charge is -2.45. The Hall–Kier alpha value is -3.19. The number of aldehydes is 1. The fourth-order valence-corrected chi connectivity index (χ4v) is 6.56. The highest BCUT2D eigenvalue weighted by Crippen LogP contribution is 2.43. The van der Waals surface area contributed by atoms with E-state index in [1.165, 1.54) is 5.69 Å². The third kappa shape index (κ3) is 8.91. The molecule has 1 heterocycles. The molecule has 7 heteroatoms. The van der Waals surface area contributed by atoms with Crippen molar-refractivity contribution in [1.82, 2.24) is 10.2 Å². The second-order valence-electron chi connectivity index (χ2n) is 14.8. The molecule has 0 bridgehead atoms. The maximum atomic E-state index is 12.6. The number of rotatable bonds is 9. The van der Waals surface area contributed by atoms with E-state index >= 15 is 0 Å². The Labute approximate surface area is 258 Å². The summed E-state index contributed by atoms with van der Waals surface area (Å²) in [6, 6.07) is 17.7. The van der Waals surface area contributed by atoms with Gasteiger partial charge in [-0.25, -0.2) is 9.79 Å². The predicted octanol–water partition coefficient (Wildman–Crippen LogP) is 7.19. The van der Waals surface area contributed by atoms with E-state index in [1.54, 1.807) is 12.1 Å². The summed E-state index contributed by atoms with van der Waals surface area (Å²) in [6.45, 7) is 16.9. The standard InChI is InChI=1S/C36H52N4O3/c1-34(2,3)19-18-31(27-12-14-28(15-13-27)33(42)43)37-36(20-16-29(17-21-36)35(4,5)6)38-32(26-41)40-24-22-39(23-25-40)30-10-8-7-9-11-30/h7-15,26,29,31,37H,16-25H2,1-6H3,(H,42,43)/t29?,31-,36?/m1/s1.